The van der Waals surface area contributed by atoms with E-state index in [4.69, 9.17) is 0 Å². The predicted molar refractivity (Wildman–Crippen MR) is 79.8 cm³/mol. The monoisotopic (exact) mass is 276 g/mol. The topological polar surface area (TPSA) is 61.4 Å². The highest BCUT2D eigenvalue weighted by Crippen LogP contribution is 2.19. The third-order valence-electron chi connectivity index (χ3n) is 3.89. The molecule has 0 spiro atoms. The van der Waals surface area contributed by atoms with E-state index in [1.807, 2.05) is 31.3 Å². The van der Waals surface area contributed by atoms with Crippen molar-refractivity contribution in [3.05, 3.63) is 35.4 Å². The molecule has 2 rings (SSSR count). The van der Waals surface area contributed by atoms with Crippen molar-refractivity contribution in [1.29, 1.82) is 0 Å². The molecular formula is C16H24N2O2. The Labute approximate surface area is 120 Å². The summed E-state index contributed by atoms with van der Waals surface area (Å²) < 4.78 is 0. The summed E-state index contributed by atoms with van der Waals surface area (Å²) in [4.78, 5) is 12.4. The van der Waals surface area contributed by atoms with Crippen molar-refractivity contribution < 1.29 is 9.90 Å². The zero-order chi connectivity index (χ0) is 14.4. The van der Waals surface area contributed by atoms with Gasteiger partial charge in [-0.3, -0.25) is 4.79 Å². The summed E-state index contributed by atoms with van der Waals surface area (Å²) in [5.41, 5.74) is 1.82. The SMILES string of the molecule is CNCCc1ccccc1C(=O)NC1CCCC(O)C1. The molecule has 0 bridgehead atoms. The summed E-state index contributed by atoms with van der Waals surface area (Å²) in [5, 5.41) is 15.8. The lowest BCUT2D eigenvalue weighted by atomic mass is 9.92. The lowest BCUT2D eigenvalue weighted by Gasteiger charge is -2.27. The van der Waals surface area contributed by atoms with Crippen molar-refractivity contribution >= 4 is 5.91 Å². The highest BCUT2D eigenvalue weighted by molar-refractivity contribution is 5.95. The summed E-state index contributed by atoms with van der Waals surface area (Å²) in [7, 11) is 1.91. The molecule has 1 aliphatic rings. The van der Waals surface area contributed by atoms with Crippen LogP contribution in [0.25, 0.3) is 0 Å². The van der Waals surface area contributed by atoms with E-state index in [1.54, 1.807) is 0 Å². The molecule has 2 unspecified atom stereocenters. The first-order chi connectivity index (χ1) is 9.70. The van der Waals surface area contributed by atoms with Crippen LogP contribution in [0.5, 0.6) is 0 Å². The number of aliphatic hydroxyl groups is 1. The minimum atomic E-state index is -0.270. The van der Waals surface area contributed by atoms with E-state index in [1.165, 1.54) is 0 Å². The van der Waals surface area contributed by atoms with E-state index in [9.17, 15) is 9.90 Å². The summed E-state index contributed by atoms with van der Waals surface area (Å²) in [6.07, 6.45) is 4.03. The van der Waals surface area contributed by atoms with E-state index in [2.05, 4.69) is 10.6 Å². The molecule has 0 radical (unpaired) electrons. The second-order valence-corrected chi connectivity index (χ2v) is 5.50. The van der Waals surface area contributed by atoms with Crippen LogP contribution in [-0.2, 0) is 6.42 Å². The van der Waals surface area contributed by atoms with Crippen molar-refractivity contribution in [2.75, 3.05) is 13.6 Å². The molecule has 0 saturated heterocycles. The molecule has 1 fully saturated rings. The number of carbonyl (C=O) groups is 1. The van der Waals surface area contributed by atoms with Crippen LogP contribution < -0.4 is 10.6 Å². The Morgan fingerprint density at radius 2 is 2.15 bits per heavy atom. The molecular weight excluding hydrogens is 252 g/mol. The molecule has 2 atom stereocenters. The van der Waals surface area contributed by atoms with Gasteiger partial charge in [0.15, 0.2) is 0 Å². The largest absolute Gasteiger partial charge is 0.393 e. The number of hydrogen-bond acceptors (Lipinski definition) is 3. The van der Waals surface area contributed by atoms with Gasteiger partial charge in [0.25, 0.3) is 5.91 Å². The van der Waals surface area contributed by atoms with Gasteiger partial charge in [-0.15, -0.1) is 0 Å². The fraction of sp³-hybridized carbons (Fsp3) is 0.562. The molecule has 4 nitrogen and oxygen atoms in total. The van der Waals surface area contributed by atoms with Crippen LogP contribution in [0.15, 0.2) is 24.3 Å². The number of benzene rings is 1. The van der Waals surface area contributed by atoms with Crippen LogP contribution in [0.3, 0.4) is 0 Å². The van der Waals surface area contributed by atoms with E-state index >= 15 is 0 Å². The second-order valence-electron chi connectivity index (χ2n) is 5.50. The van der Waals surface area contributed by atoms with Crippen LogP contribution in [0.4, 0.5) is 0 Å². The number of nitrogens with one attached hydrogen (secondary N) is 2. The fourth-order valence-electron chi connectivity index (χ4n) is 2.78. The minimum Gasteiger partial charge on any atom is -0.393 e. The Morgan fingerprint density at radius 1 is 1.35 bits per heavy atom. The lowest BCUT2D eigenvalue weighted by Crippen LogP contribution is -2.40. The number of amides is 1. The summed E-state index contributed by atoms with van der Waals surface area (Å²) >= 11 is 0. The third-order valence-corrected chi connectivity index (χ3v) is 3.89. The molecule has 1 aromatic rings. The Morgan fingerprint density at radius 3 is 2.90 bits per heavy atom. The van der Waals surface area contributed by atoms with Crippen molar-refractivity contribution in [3.63, 3.8) is 0 Å². The Bertz CT molecular complexity index is 448. The van der Waals surface area contributed by atoms with Crippen LogP contribution in [-0.4, -0.2) is 36.8 Å². The Balaban J connectivity index is 2.01. The zero-order valence-corrected chi connectivity index (χ0v) is 12.1. The van der Waals surface area contributed by atoms with Crippen molar-refractivity contribution in [3.8, 4) is 0 Å². The first kappa shape index (κ1) is 15.0. The summed E-state index contributed by atoms with van der Waals surface area (Å²) in [6, 6.07) is 7.84. The molecule has 1 aromatic carbocycles. The summed E-state index contributed by atoms with van der Waals surface area (Å²) in [5.74, 6) is -0.0178. The molecule has 4 heteroatoms. The van der Waals surface area contributed by atoms with E-state index in [-0.39, 0.29) is 18.1 Å². The molecule has 1 amide bonds. The normalized spacial score (nSPS) is 22.5. The number of rotatable bonds is 5. The first-order valence-electron chi connectivity index (χ1n) is 7.42. The molecule has 0 aromatic heterocycles. The van der Waals surface area contributed by atoms with Crippen LogP contribution >= 0.6 is 0 Å². The quantitative estimate of drug-likeness (QED) is 0.763. The maximum Gasteiger partial charge on any atom is 0.251 e. The molecule has 20 heavy (non-hydrogen) atoms. The third kappa shape index (κ3) is 4.05. The highest BCUT2D eigenvalue weighted by Gasteiger charge is 2.22. The van der Waals surface area contributed by atoms with Gasteiger partial charge < -0.3 is 15.7 Å². The Hall–Kier alpha value is -1.39. The molecule has 0 aliphatic heterocycles. The minimum absolute atomic E-state index is 0.0178. The first-order valence-corrected chi connectivity index (χ1v) is 7.42. The second kappa shape index (κ2) is 7.41. The van der Waals surface area contributed by atoms with Crippen molar-refractivity contribution in [2.24, 2.45) is 0 Å². The van der Waals surface area contributed by atoms with Gasteiger partial charge in [-0.2, -0.15) is 0 Å². The maximum atomic E-state index is 12.4. The average Bonchev–Trinajstić information content (AvgIpc) is 2.45. The predicted octanol–water partition coefficient (Wildman–Crippen LogP) is 1.48. The standard InChI is InChI=1S/C16H24N2O2/c1-17-10-9-12-5-2-3-8-15(12)16(20)18-13-6-4-7-14(19)11-13/h2-3,5,8,13-14,17,19H,4,6-7,9-11H2,1H3,(H,18,20). The lowest BCUT2D eigenvalue weighted by molar-refractivity contribution is 0.0849. The summed E-state index contributed by atoms with van der Waals surface area (Å²) in [6.45, 7) is 0.854. The number of aliphatic hydroxyl groups excluding tert-OH is 1. The molecule has 110 valence electrons. The van der Waals surface area contributed by atoms with Crippen molar-refractivity contribution in [1.82, 2.24) is 10.6 Å². The van der Waals surface area contributed by atoms with Crippen LogP contribution in [0, 0.1) is 0 Å². The molecule has 1 saturated carbocycles. The maximum absolute atomic E-state index is 12.4. The van der Waals surface area contributed by atoms with Gasteiger partial charge >= 0.3 is 0 Å². The fourth-order valence-corrected chi connectivity index (χ4v) is 2.78. The molecule has 1 aliphatic carbocycles. The van der Waals surface area contributed by atoms with Gasteiger partial charge in [0.1, 0.15) is 0 Å². The number of carbonyl (C=O) groups excluding carboxylic acids is 1. The smallest absolute Gasteiger partial charge is 0.251 e. The van der Waals surface area contributed by atoms with Gasteiger partial charge in [-0.25, -0.2) is 0 Å². The zero-order valence-electron chi connectivity index (χ0n) is 12.1. The molecule has 0 heterocycles. The van der Waals surface area contributed by atoms with E-state index in [0.717, 1.165) is 43.4 Å². The van der Waals surface area contributed by atoms with E-state index < -0.39 is 0 Å². The highest BCUT2D eigenvalue weighted by atomic mass is 16.3. The van der Waals surface area contributed by atoms with Gasteiger partial charge in [0, 0.05) is 11.6 Å². The van der Waals surface area contributed by atoms with Gasteiger partial charge in [0.2, 0.25) is 0 Å². The molecule has 3 N–H and O–H groups in total. The van der Waals surface area contributed by atoms with Gasteiger partial charge in [-0.1, -0.05) is 18.2 Å². The number of hydrogen-bond donors (Lipinski definition) is 3. The van der Waals surface area contributed by atoms with Gasteiger partial charge in [-0.05, 0) is 57.3 Å². The average molecular weight is 276 g/mol. The Kier molecular flexibility index (Phi) is 5.56. The van der Waals surface area contributed by atoms with E-state index in [0.29, 0.717) is 6.42 Å². The number of likely N-dealkylation sites (N-methyl/N-ethyl adjacent to an activating group) is 1. The van der Waals surface area contributed by atoms with Crippen LogP contribution in [0.2, 0.25) is 0 Å². The van der Waals surface area contributed by atoms with Crippen LogP contribution in [0.1, 0.15) is 41.6 Å². The van der Waals surface area contributed by atoms with Gasteiger partial charge in [0.05, 0.1) is 6.10 Å². The van der Waals surface area contributed by atoms with Crippen molar-refractivity contribution in [2.45, 2.75) is 44.2 Å².